The molecule has 1 heterocycles. The zero-order valence-electron chi connectivity index (χ0n) is 8.31. The highest BCUT2D eigenvalue weighted by molar-refractivity contribution is 7.15. The highest BCUT2D eigenvalue weighted by atomic mass is 32.1. The highest BCUT2D eigenvalue weighted by Crippen LogP contribution is 2.33. The van der Waals surface area contributed by atoms with Gasteiger partial charge in [0.25, 0.3) is 6.43 Å². The molecule has 0 aliphatic heterocycles. The van der Waals surface area contributed by atoms with Crippen LogP contribution < -0.4 is 0 Å². The standard InChI is InChI=1S/C12H10F2OS/c13-12(14)11(15)10-7-6-9(16-10)8-4-2-1-3-5-8/h1-7,11-12,15H. The van der Waals surface area contributed by atoms with Crippen LogP contribution in [0.5, 0.6) is 0 Å². The smallest absolute Gasteiger partial charge is 0.268 e. The van der Waals surface area contributed by atoms with E-state index < -0.39 is 12.5 Å². The quantitative estimate of drug-likeness (QED) is 0.867. The Balaban J connectivity index is 2.27. The average Bonchev–Trinajstić information content (AvgIpc) is 2.78. The SMILES string of the molecule is OC(c1ccc(-c2ccccc2)s1)C(F)F. The van der Waals surface area contributed by atoms with Crippen molar-refractivity contribution in [3.8, 4) is 10.4 Å². The van der Waals surface area contributed by atoms with Gasteiger partial charge in [0.15, 0.2) is 0 Å². The Morgan fingerprint density at radius 1 is 1.00 bits per heavy atom. The zero-order valence-corrected chi connectivity index (χ0v) is 9.12. The molecule has 2 aromatic rings. The fraction of sp³-hybridized carbons (Fsp3) is 0.167. The van der Waals surface area contributed by atoms with Crippen LogP contribution in [0.4, 0.5) is 8.78 Å². The maximum absolute atomic E-state index is 12.3. The largest absolute Gasteiger partial charge is 0.382 e. The van der Waals surface area contributed by atoms with Crippen molar-refractivity contribution in [2.75, 3.05) is 0 Å². The van der Waals surface area contributed by atoms with Crippen LogP contribution in [0.3, 0.4) is 0 Å². The molecule has 1 N–H and O–H groups in total. The normalized spacial score (nSPS) is 13.0. The van der Waals surface area contributed by atoms with Gasteiger partial charge >= 0.3 is 0 Å². The maximum Gasteiger partial charge on any atom is 0.268 e. The third-order valence-corrected chi connectivity index (χ3v) is 3.42. The van der Waals surface area contributed by atoms with Gasteiger partial charge in [-0.25, -0.2) is 8.78 Å². The summed E-state index contributed by atoms with van der Waals surface area (Å²) >= 11 is 1.19. The summed E-state index contributed by atoms with van der Waals surface area (Å²) in [5.41, 5.74) is 0.972. The Morgan fingerprint density at radius 3 is 2.31 bits per heavy atom. The molecule has 0 aliphatic carbocycles. The lowest BCUT2D eigenvalue weighted by Crippen LogP contribution is -2.05. The van der Waals surface area contributed by atoms with Gasteiger partial charge in [0, 0.05) is 9.75 Å². The number of aliphatic hydroxyl groups excluding tert-OH is 1. The van der Waals surface area contributed by atoms with Crippen LogP contribution in [-0.2, 0) is 0 Å². The summed E-state index contributed by atoms with van der Waals surface area (Å²) in [6.45, 7) is 0. The van der Waals surface area contributed by atoms with E-state index in [2.05, 4.69) is 0 Å². The monoisotopic (exact) mass is 240 g/mol. The zero-order chi connectivity index (χ0) is 11.5. The Labute approximate surface area is 96.0 Å². The van der Waals surface area contributed by atoms with Crippen molar-refractivity contribution in [1.82, 2.24) is 0 Å². The summed E-state index contributed by atoms with van der Waals surface area (Å²) in [4.78, 5) is 1.18. The first-order chi connectivity index (χ1) is 7.68. The summed E-state index contributed by atoms with van der Waals surface area (Å²) in [7, 11) is 0. The molecule has 0 saturated heterocycles. The molecule has 0 saturated carbocycles. The van der Waals surface area contributed by atoms with Crippen molar-refractivity contribution in [2.45, 2.75) is 12.5 Å². The van der Waals surface area contributed by atoms with E-state index in [4.69, 9.17) is 0 Å². The minimum absolute atomic E-state index is 0.300. The van der Waals surface area contributed by atoms with Crippen LogP contribution in [-0.4, -0.2) is 11.5 Å². The lowest BCUT2D eigenvalue weighted by atomic mass is 10.2. The van der Waals surface area contributed by atoms with Crippen LogP contribution in [0.1, 0.15) is 11.0 Å². The molecule has 16 heavy (non-hydrogen) atoms. The number of thiophene rings is 1. The first-order valence-electron chi connectivity index (χ1n) is 4.80. The molecular formula is C12H10F2OS. The summed E-state index contributed by atoms with van der Waals surface area (Å²) in [6, 6.07) is 12.8. The molecule has 1 aromatic carbocycles. The molecule has 0 amide bonds. The molecule has 0 aliphatic rings. The van der Waals surface area contributed by atoms with Gasteiger partial charge in [0.2, 0.25) is 0 Å². The molecule has 1 unspecified atom stereocenters. The van der Waals surface area contributed by atoms with Crippen LogP contribution in [0.2, 0.25) is 0 Å². The van der Waals surface area contributed by atoms with Gasteiger partial charge in [-0.15, -0.1) is 11.3 Å². The van der Waals surface area contributed by atoms with E-state index in [0.29, 0.717) is 4.88 Å². The molecule has 84 valence electrons. The molecule has 2 rings (SSSR count). The van der Waals surface area contributed by atoms with Crippen molar-refractivity contribution >= 4 is 11.3 Å². The molecule has 4 heteroatoms. The minimum atomic E-state index is -2.73. The van der Waals surface area contributed by atoms with Gasteiger partial charge in [0.1, 0.15) is 6.10 Å². The number of aliphatic hydroxyl groups is 1. The van der Waals surface area contributed by atoms with Gasteiger partial charge in [-0.2, -0.15) is 0 Å². The second kappa shape index (κ2) is 4.72. The lowest BCUT2D eigenvalue weighted by Gasteiger charge is -2.05. The number of rotatable bonds is 3. The number of hydrogen-bond donors (Lipinski definition) is 1. The molecule has 1 atom stereocenters. The lowest BCUT2D eigenvalue weighted by molar-refractivity contribution is -0.00369. The van der Waals surface area contributed by atoms with Crippen LogP contribution in [0.15, 0.2) is 42.5 Å². The van der Waals surface area contributed by atoms with Crippen molar-refractivity contribution in [2.24, 2.45) is 0 Å². The number of benzene rings is 1. The second-order valence-corrected chi connectivity index (χ2v) is 4.46. The topological polar surface area (TPSA) is 20.2 Å². The minimum Gasteiger partial charge on any atom is -0.382 e. The van der Waals surface area contributed by atoms with E-state index in [-0.39, 0.29) is 0 Å². The number of halogens is 2. The Bertz CT molecular complexity index is 453. The van der Waals surface area contributed by atoms with Crippen LogP contribution in [0.25, 0.3) is 10.4 Å². The highest BCUT2D eigenvalue weighted by Gasteiger charge is 2.20. The molecular weight excluding hydrogens is 230 g/mol. The third kappa shape index (κ3) is 2.28. The summed E-state index contributed by atoms with van der Waals surface area (Å²) < 4.78 is 24.6. The first-order valence-corrected chi connectivity index (χ1v) is 5.61. The average molecular weight is 240 g/mol. The third-order valence-electron chi connectivity index (χ3n) is 2.22. The Kier molecular flexibility index (Phi) is 3.31. The predicted molar refractivity (Wildman–Crippen MR) is 60.7 cm³/mol. The maximum atomic E-state index is 12.3. The number of hydrogen-bond acceptors (Lipinski definition) is 2. The van der Waals surface area contributed by atoms with E-state index in [1.54, 1.807) is 12.1 Å². The first kappa shape index (κ1) is 11.2. The van der Waals surface area contributed by atoms with Gasteiger partial charge < -0.3 is 5.11 Å². The fourth-order valence-corrected chi connectivity index (χ4v) is 2.40. The molecule has 1 nitrogen and oxygen atoms in total. The van der Waals surface area contributed by atoms with Crippen molar-refractivity contribution in [3.63, 3.8) is 0 Å². The summed E-state index contributed by atoms with van der Waals surface area (Å²) in [6.07, 6.45) is -4.41. The van der Waals surface area contributed by atoms with E-state index in [9.17, 15) is 13.9 Å². The van der Waals surface area contributed by atoms with Crippen LogP contribution >= 0.6 is 11.3 Å². The molecule has 0 bridgehead atoms. The van der Waals surface area contributed by atoms with Crippen molar-refractivity contribution in [3.05, 3.63) is 47.3 Å². The molecule has 1 aromatic heterocycles. The van der Waals surface area contributed by atoms with Gasteiger partial charge in [0.05, 0.1) is 0 Å². The predicted octanol–water partition coefficient (Wildman–Crippen LogP) is 3.71. The van der Waals surface area contributed by atoms with Gasteiger partial charge in [-0.05, 0) is 17.7 Å². The second-order valence-electron chi connectivity index (χ2n) is 3.35. The summed E-state index contributed by atoms with van der Waals surface area (Å²) in [5, 5.41) is 9.22. The number of alkyl halides is 2. The van der Waals surface area contributed by atoms with Crippen molar-refractivity contribution < 1.29 is 13.9 Å². The molecule has 0 radical (unpaired) electrons. The van der Waals surface area contributed by atoms with E-state index >= 15 is 0 Å². The fourth-order valence-electron chi connectivity index (χ4n) is 1.39. The van der Waals surface area contributed by atoms with Gasteiger partial charge in [-0.3, -0.25) is 0 Å². The van der Waals surface area contributed by atoms with E-state index in [1.807, 2.05) is 30.3 Å². The Morgan fingerprint density at radius 2 is 1.69 bits per heavy atom. The van der Waals surface area contributed by atoms with E-state index in [0.717, 1.165) is 10.4 Å². The van der Waals surface area contributed by atoms with E-state index in [1.165, 1.54) is 11.3 Å². The van der Waals surface area contributed by atoms with Crippen LogP contribution in [0, 0.1) is 0 Å². The van der Waals surface area contributed by atoms with Crippen molar-refractivity contribution in [1.29, 1.82) is 0 Å². The molecule has 0 spiro atoms. The van der Waals surface area contributed by atoms with Gasteiger partial charge in [-0.1, -0.05) is 30.3 Å². The Hall–Kier alpha value is -1.26. The molecule has 0 fully saturated rings. The summed E-state index contributed by atoms with van der Waals surface area (Å²) in [5.74, 6) is 0.